The lowest BCUT2D eigenvalue weighted by molar-refractivity contribution is 1.18. The largest absolute Gasteiger partial charge is 0.354 e. The van der Waals surface area contributed by atoms with Crippen LogP contribution in [0.4, 0.5) is 11.4 Å². The van der Waals surface area contributed by atoms with E-state index in [1.165, 1.54) is 75.0 Å². The van der Waals surface area contributed by atoms with E-state index in [1.54, 1.807) is 0 Å². The highest BCUT2D eigenvalue weighted by Gasteiger charge is 2.16. The Morgan fingerprint density at radius 3 is 1.87 bits per heavy atom. The molecule has 0 atom stereocenters. The molecule has 0 aliphatic carbocycles. The smallest absolute Gasteiger partial charge is 0.0547 e. The Balaban J connectivity index is 1.05. The van der Waals surface area contributed by atoms with E-state index in [2.05, 4.69) is 210 Å². The van der Waals surface area contributed by atoms with Crippen LogP contribution in [0.25, 0.3) is 91.8 Å². The van der Waals surface area contributed by atoms with Gasteiger partial charge in [0.25, 0.3) is 0 Å². The minimum absolute atomic E-state index is 1.07. The molecule has 2 heterocycles. The molecule has 258 valence electrons. The third kappa shape index (κ3) is 5.32. The van der Waals surface area contributed by atoms with E-state index in [1.807, 2.05) is 11.3 Å². The summed E-state index contributed by atoms with van der Waals surface area (Å²) in [5, 5.41) is 11.5. The van der Waals surface area contributed by atoms with Gasteiger partial charge in [0, 0.05) is 59.0 Å². The van der Waals surface area contributed by atoms with Crippen LogP contribution in [0.1, 0.15) is 0 Å². The van der Waals surface area contributed by atoms with Crippen LogP contribution in [0.5, 0.6) is 0 Å². The number of hydrogen-bond donors (Lipinski definition) is 1. The van der Waals surface area contributed by atoms with Crippen LogP contribution in [-0.4, -0.2) is 4.57 Å². The maximum atomic E-state index is 3.94. The van der Waals surface area contributed by atoms with Crippen molar-refractivity contribution >= 4 is 75.5 Å². The number of nitrogens with one attached hydrogen (secondary N) is 1. The number of benzene rings is 9. The molecule has 0 unspecified atom stereocenters. The Bertz CT molecular complexity index is 3230. The average Bonchev–Trinajstić information content (AvgIpc) is 3.79. The van der Waals surface area contributed by atoms with Crippen LogP contribution in [0, 0.1) is 0 Å². The van der Waals surface area contributed by atoms with E-state index in [4.69, 9.17) is 0 Å². The fraction of sp³-hybridized carbons (Fsp3) is 0. The second kappa shape index (κ2) is 12.9. The summed E-state index contributed by atoms with van der Waals surface area (Å²) in [6.45, 7) is 0. The summed E-state index contributed by atoms with van der Waals surface area (Å²) in [7, 11) is 0. The molecule has 0 aliphatic rings. The molecule has 1 N–H and O–H groups in total. The molecule has 0 saturated heterocycles. The Labute approximate surface area is 323 Å². The molecule has 0 fully saturated rings. The third-order valence-corrected chi connectivity index (χ3v) is 12.2. The van der Waals surface area contributed by atoms with Crippen molar-refractivity contribution in [2.75, 3.05) is 5.32 Å². The standard InChI is InChI=1S/C52H34N2S/c1-3-13-34(14-4-1)40-28-25-35(36-26-29-44-43-17-7-9-23-49(43)54(50(44)33-36)38-15-5-2-6-16-38)32-48(40)53-47-22-12-20-41-39(19-11-21-42(41)47)37-27-30-52-46(31-37)45-18-8-10-24-51(45)55-52/h1-33,53H. The first-order valence-electron chi connectivity index (χ1n) is 18.8. The molecule has 0 spiro atoms. The van der Waals surface area contributed by atoms with Gasteiger partial charge in [-0.05, 0) is 87.8 Å². The molecule has 0 radical (unpaired) electrons. The quantitative estimate of drug-likeness (QED) is 0.181. The molecule has 0 aliphatic heterocycles. The first-order chi connectivity index (χ1) is 27.3. The molecule has 11 rings (SSSR count). The van der Waals surface area contributed by atoms with Gasteiger partial charge in [-0.3, -0.25) is 0 Å². The van der Waals surface area contributed by atoms with Gasteiger partial charge in [0.2, 0.25) is 0 Å². The molecule has 2 aromatic heterocycles. The average molecular weight is 719 g/mol. The molecule has 0 saturated carbocycles. The molecular formula is C52H34N2S. The minimum atomic E-state index is 1.07. The van der Waals surface area contributed by atoms with Gasteiger partial charge < -0.3 is 9.88 Å². The highest BCUT2D eigenvalue weighted by Crippen LogP contribution is 2.42. The van der Waals surface area contributed by atoms with Crippen LogP contribution in [0.3, 0.4) is 0 Å². The van der Waals surface area contributed by atoms with Crippen LogP contribution in [0.15, 0.2) is 200 Å². The van der Waals surface area contributed by atoms with Crippen molar-refractivity contribution in [2.24, 2.45) is 0 Å². The van der Waals surface area contributed by atoms with Crippen molar-refractivity contribution in [3.8, 4) is 39.1 Å². The van der Waals surface area contributed by atoms with Gasteiger partial charge in [-0.2, -0.15) is 0 Å². The summed E-state index contributed by atoms with van der Waals surface area (Å²) in [4.78, 5) is 0. The number of fused-ring (bicyclic) bond motifs is 7. The summed E-state index contributed by atoms with van der Waals surface area (Å²) >= 11 is 1.86. The Kier molecular flexibility index (Phi) is 7.39. The topological polar surface area (TPSA) is 17.0 Å². The van der Waals surface area contributed by atoms with Gasteiger partial charge in [0.05, 0.1) is 11.0 Å². The van der Waals surface area contributed by atoms with Crippen LogP contribution >= 0.6 is 11.3 Å². The van der Waals surface area contributed by atoms with E-state index in [0.29, 0.717) is 0 Å². The van der Waals surface area contributed by atoms with Gasteiger partial charge in [-0.1, -0.05) is 146 Å². The fourth-order valence-corrected chi connectivity index (χ4v) is 9.50. The summed E-state index contributed by atoms with van der Waals surface area (Å²) < 4.78 is 5.04. The van der Waals surface area contributed by atoms with Gasteiger partial charge in [0.15, 0.2) is 0 Å². The van der Waals surface area contributed by atoms with E-state index >= 15 is 0 Å². The van der Waals surface area contributed by atoms with Gasteiger partial charge in [-0.15, -0.1) is 11.3 Å². The number of hydrogen-bond acceptors (Lipinski definition) is 2. The van der Waals surface area contributed by atoms with Crippen molar-refractivity contribution in [3.05, 3.63) is 200 Å². The van der Waals surface area contributed by atoms with E-state index in [-0.39, 0.29) is 0 Å². The maximum Gasteiger partial charge on any atom is 0.0547 e. The predicted octanol–water partition coefficient (Wildman–Crippen LogP) is 15.0. The number of rotatable bonds is 6. The first kappa shape index (κ1) is 31.6. The second-order valence-electron chi connectivity index (χ2n) is 14.2. The van der Waals surface area contributed by atoms with Crippen LogP contribution in [0.2, 0.25) is 0 Å². The molecular weight excluding hydrogens is 685 g/mol. The molecule has 9 aromatic carbocycles. The Morgan fingerprint density at radius 2 is 0.982 bits per heavy atom. The summed E-state index contributed by atoms with van der Waals surface area (Å²) in [5.74, 6) is 0. The summed E-state index contributed by atoms with van der Waals surface area (Å²) in [5.41, 5.74) is 12.8. The van der Waals surface area contributed by atoms with E-state index in [0.717, 1.165) is 28.2 Å². The first-order valence-corrected chi connectivity index (χ1v) is 19.6. The number of aromatic nitrogens is 1. The number of anilines is 2. The molecule has 11 aromatic rings. The molecule has 55 heavy (non-hydrogen) atoms. The zero-order valence-electron chi connectivity index (χ0n) is 29.9. The fourth-order valence-electron chi connectivity index (χ4n) is 8.41. The minimum Gasteiger partial charge on any atom is -0.354 e. The number of para-hydroxylation sites is 2. The van der Waals surface area contributed by atoms with E-state index in [9.17, 15) is 0 Å². The zero-order chi connectivity index (χ0) is 36.3. The highest BCUT2D eigenvalue weighted by molar-refractivity contribution is 7.25. The highest BCUT2D eigenvalue weighted by atomic mass is 32.1. The second-order valence-corrected chi connectivity index (χ2v) is 15.3. The van der Waals surface area contributed by atoms with Crippen LogP contribution < -0.4 is 5.32 Å². The van der Waals surface area contributed by atoms with Crippen molar-refractivity contribution < 1.29 is 0 Å². The lowest BCUT2D eigenvalue weighted by atomic mass is 9.95. The third-order valence-electron chi connectivity index (χ3n) is 11.0. The Hall–Kier alpha value is -6.94. The van der Waals surface area contributed by atoms with Crippen molar-refractivity contribution in [3.63, 3.8) is 0 Å². The predicted molar refractivity (Wildman–Crippen MR) is 237 cm³/mol. The Morgan fingerprint density at radius 1 is 0.327 bits per heavy atom. The van der Waals surface area contributed by atoms with E-state index < -0.39 is 0 Å². The molecule has 3 heteroatoms. The lowest BCUT2D eigenvalue weighted by Crippen LogP contribution is -1.96. The normalized spacial score (nSPS) is 11.6. The zero-order valence-corrected chi connectivity index (χ0v) is 30.7. The number of thiophene rings is 1. The van der Waals surface area contributed by atoms with Crippen molar-refractivity contribution in [1.82, 2.24) is 4.57 Å². The SMILES string of the molecule is c1ccc(-c2ccc(-c3ccc4c5ccccc5n(-c5ccccc5)c4c3)cc2Nc2cccc3c(-c4ccc5sc6ccccc6c5c4)cccc23)cc1. The summed E-state index contributed by atoms with van der Waals surface area (Å²) in [6, 6.07) is 72.8. The van der Waals surface area contributed by atoms with Gasteiger partial charge in [0.1, 0.15) is 0 Å². The lowest BCUT2D eigenvalue weighted by Gasteiger charge is -2.17. The van der Waals surface area contributed by atoms with Crippen molar-refractivity contribution in [1.29, 1.82) is 0 Å². The number of nitrogens with zero attached hydrogens (tertiary/aromatic N) is 1. The molecule has 0 amide bonds. The monoisotopic (exact) mass is 718 g/mol. The molecule has 0 bridgehead atoms. The maximum absolute atomic E-state index is 3.94. The summed E-state index contributed by atoms with van der Waals surface area (Å²) in [6.07, 6.45) is 0. The van der Waals surface area contributed by atoms with Crippen molar-refractivity contribution in [2.45, 2.75) is 0 Å². The van der Waals surface area contributed by atoms with Gasteiger partial charge in [-0.25, -0.2) is 0 Å². The molecule has 2 nitrogen and oxygen atoms in total. The van der Waals surface area contributed by atoms with Gasteiger partial charge >= 0.3 is 0 Å². The van der Waals surface area contributed by atoms with Crippen LogP contribution in [-0.2, 0) is 0 Å².